The zero-order chi connectivity index (χ0) is 18.3. The van der Waals surface area contributed by atoms with Crippen LogP contribution in [0.1, 0.15) is 17.1 Å². The van der Waals surface area contributed by atoms with E-state index in [9.17, 15) is 4.79 Å². The third-order valence-electron chi connectivity index (χ3n) is 3.95. The predicted molar refractivity (Wildman–Crippen MR) is 94.9 cm³/mol. The summed E-state index contributed by atoms with van der Waals surface area (Å²) in [5, 5.41) is 8.36. The molecule has 4 rings (SSSR count). The van der Waals surface area contributed by atoms with Crippen LogP contribution < -0.4 is 5.43 Å². The topological polar surface area (TPSA) is 102 Å². The maximum absolute atomic E-state index is 12.1. The van der Waals surface area contributed by atoms with Crippen molar-refractivity contribution in [3.63, 3.8) is 0 Å². The Hall–Kier alpha value is -3.55. The average molecular weight is 348 g/mol. The molecule has 4 heterocycles. The van der Waals surface area contributed by atoms with E-state index in [4.69, 9.17) is 4.52 Å². The van der Waals surface area contributed by atoms with Gasteiger partial charge in [-0.2, -0.15) is 10.1 Å². The number of aryl methyl sites for hydroxylation is 3. The van der Waals surface area contributed by atoms with E-state index < -0.39 is 0 Å². The van der Waals surface area contributed by atoms with Crippen LogP contribution in [0.15, 0.2) is 46.0 Å². The molecule has 0 bridgehead atoms. The first-order valence-electron chi connectivity index (χ1n) is 8.05. The zero-order valence-electron chi connectivity index (χ0n) is 14.5. The minimum Gasteiger partial charge on any atom is -0.364 e. The number of nitrogens with zero attached hydrogens (tertiary/aromatic N) is 5. The molecule has 4 aromatic heterocycles. The molecule has 0 radical (unpaired) electrons. The van der Waals surface area contributed by atoms with Gasteiger partial charge >= 0.3 is 0 Å². The molecular weight excluding hydrogens is 332 g/mol. The number of aromatic nitrogens is 6. The van der Waals surface area contributed by atoms with Gasteiger partial charge in [-0.1, -0.05) is 5.16 Å². The van der Waals surface area contributed by atoms with Crippen molar-refractivity contribution in [2.45, 2.75) is 20.8 Å². The molecule has 8 nitrogen and oxygen atoms in total. The third kappa shape index (κ3) is 2.81. The molecule has 0 aliphatic heterocycles. The summed E-state index contributed by atoms with van der Waals surface area (Å²) in [5.41, 5.74) is 3.55. The Balaban J connectivity index is 1.66. The molecule has 0 unspecified atom stereocenters. The van der Waals surface area contributed by atoms with E-state index in [0.29, 0.717) is 22.8 Å². The lowest BCUT2D eigenvalue weighted by molar-refractivity contribution is 0.432. The third-order valence-corrected chi connectivity index (χ3v) is 3.95. The highest BCUT2D eigenvalue weighted by Gasteiger charge is 2.14. The molecule has 0 saturated heterocycles. The Morgan fingerprint density at radius 2 is 2.00 bits per heavy atom. The van der Waals surface area contributed by atoms with Crippen LogP contribution in [-0.2, 0) is 0 Å². The SMILES string of the molecule is Cc1cc(C)n(-c2ccc(-c3noc(-c4c[nH]c(C)cc4=O)n3)cn2)n1. The molecular formula is C18H16N6O2. The molecule has 1 N–H and O–H groups in total. The largest absolute Gasteiger partial charge is 0.364 e. The van der Waals surface area contributed by atoms with E-state index in [1.54, 1.807) is 24.0 Å². The first-order chi connectivity index (χ1) is 12.5. The summed E-state index contributed by atoms with van der Waals surface area (Å²) < 4.78 is 7.01. The second-order valence-corrected chi connectivity index (χ2v) is 6.06. The van der Waals surface area contributed by atoms with Crippen molar-refractivity contribution in [3.8, 4) is 28.7 Å². The van der Waals surface area contributed by atoms with Gasteiger partial charge in [0.1, 0.15) is 5.56 Å². The Morgan fingerprint density at radius 3 is 2.65 bits per heavy atom. The first-order valence-corrected chi connectivity index (χ1v) is 8.05. The van der Waals surface area contributed by atoms with Gasteiger partial charge in [-0.3, -0.25) is 4.79 Å². The van der Waals surface area contributed by atoms with Crippen LogP contribution in [0, 0.1) is 20.8 Å². The number of hydrogen-bond acceptors (Lipinski definition) is 6. The molecule has 0 amide bonds. The normalized spacial score (nSPS) is 11.0. The summed E-state index contributed by atoms with van der Waals surface area (Å²) in [6.07, 6.45) is 3.22. The molecule has 0 atom stereocenters. The standard InChI is InChI=1S/C18H16N6O2/c1-10-7-15(25)14(9-19-10)18-21-17(23-26-18)13-4-5-16(20-8-13)24-12(3)6-11(2)22-24/h4-9H,1-3H3,(H,19,25). The van der Waals surface area contributed by atoms with E-state index in [-0.39, 0.29) is 11.3 Å². The summed E-state index contributed by atoms with van der Waals surface area (Å²) in [4.78, 5) is 23.7. The maximum Gasteiger partial charge on any atom is 0.263 e. The molecule has 0 fully saturated rings. The van der Waals surface area contributed by atoms with Gasteiger partial charge in [-0.05, 0) is 39.0 Å². The minimum absolute atomic E-state index is 0.170. The van der Waals surface area contributed by atoms with Crippen LogP contribution in [0.4, 0.5) is 0 Å². The summed E-state index contributed by atoms with van der Waals surface area (Å²) in [6, 6.07) is 7.15. The molecule has 4 aromatic rings. The Labute approximate surface area is 148 Å². The fourth-order valence-electron chi connectivity index (χ4n) is 2.69. The average Bonchev–Trinajstić information content (AvgIpc) is 3.22. The second kappa shape index (κ2) is 6.07. The van der Waals surface area contributed by atoms with Crippen LogP contribution in [0.5, 0.6) is 0 Å². The quantitative estimate of drug-likeness (QED) is 0.610. The molecule has 0 spiro atoms. The van der Waals surface area contributed by atoms with Gasteiger partial charge in [0.05, 0.1) is 5.69 Å². The first kappa shape index (κ1) is 15.9. The summed E-state index contributed by atoms with van der Waals surface area (Å²) in [5.74, 6) is 1.24. The van der Waals surface area contributed by atoms with E-state index in [2.05, 4.69) is 25.2 Å². The number of nitrogens with one attached hydrogen (secondary N) is 1. The zero-order valence-corrected chi connectivity index (χ0v) is 14.5. The van der Waals surface area contributed by atoms with Crippen LogP contribution in [0.2, 0.25) is 0 Å². The van der Waals surface area contributed by atoms with Gasteiger partial charge in [-0.25, -0.2) is 9.67 Å². The summed E-state index contributed by atoms with van der Waals surface area (Å²) in [6.45, 7) is 5.71. The molecule has 0 aliphatic rings. The van der Waals surface area contributed by atoms with E-state index >= 15 is 0 Å². The van der Waals surface area contributed by atoms with Gasteiger partial charge in [0.25, 0.3) is 5.89 Å². The van der Waals surface area contributed by atoms with Crippen molar-refractivity contribution in [3.05, 3.63) is 64.0 Å². The fourth-order valence-corrected chi connectivity index (χ4v) is 2.69. The second-order valence-electron chi connectivity index (χ2n) is 6.06. The molecule has 0 aliphatic carbocycles. The number of rotatable bonds is 3. The Bertz CT molecular complexity index is 1140. The van der Waals surface area contributed by atoms with Crippen molar-refractivity contribution in [1.82, 2.24) is 29.9 Å². The lowest BCUT2D eigenvalue weighted by atomic mass is 10.2. The monoisotopic (exact) mass is 348 g/mol. The number of H-pyrrole nitrogens is 1. The van der Waals surface area contributed by atoms with Crippen molar-refractivity contribution < 1.29 is 4.52 Å². The molecule has 0 aromatic carbocycles. The number of aromatic amines is 1. The molecule has 8 heteroatoms. The van der Waals surface area contributed by atoms with E-state index in [0.717, 1.165) is 17.1 Å². The fraction of sp³-hybridized carbons (Fsp3) is 0.167. The highest BCUT2D eigenvalue weighted by Crippen LogP contribution is 2.20. The van der Waals surface area contributed by atoms with Crippen molar-refractivity contribution in [2.75, 3.05) is 0 Å². The molecule has 0 saturated carbocycles. The molecule has 130 valence electrons. The number of hydrogen-bond donors (Lipinski definition) is 1. The van der Waals surface area contributed by atoms with Crippen LogP contribution in [0.3, 0.4) is 0 Å². The maximum atomic E-state index is 12.1. The predicted octanol–water partition coefficient (Wildman–Crippen LogP) is 2.60. The van der Waals surface area contributed by atoms with Gasteiger partial charge in [0, 0.05) is 35.4 Å². The van der Waals surface area contributed by atoms with E-state index in [1.165, 1.54) is 6.07 Å². The van der Waals surface area contributed by atoms with Gasteiger partial charge in [0.2, 0.25) is 5.82 Å². The van der Waals surface area contributed by atoms with Crippen molar-refractivity contribution in [2.24, 2.45) is 0 Å². The van der Waals surface area contributed by atoms with Crippen molar-refractivity contribution >= 4 is 0 Å². The van der Waals surface area contributed by atoms with Crippen molar-refractivity contribution in [1.29, 1.82) is 0 Å². The smallest absolute Gasteiger partial charge is 0.263 e. The summed E-state index contributed by atoms with van der Waals surface area (Å²) in [7, 11) is 0. The van der Waals surface area contributed by atoms with Gasteiger partial charge in [0.15, 0.2) is 11.2 Å². The highest BCUT2D eigenvalue weighted by molar-refractivity contribution is 5.59. The molecule has 26 heavy (non-hydrogen) atoms. The van der Waals surface area contributed by atoms with Gasteiger partial charge in [-0.15, -0.1) is 0 Å². The Morgan fingerprint density at radius 1 is 1.15 bits per heavy atom. The summed E-state index contributed by atoms with van der Waals surface area (Å²) >= 11 is 0. The lowest BCUT2D eigenvalue weighted by Gasteiger charge is -2.03. The van der Waals surface area contributed by atoms with Crippen LogP contribution >= 0.6 is 0 Å². The number of pyridine rings is 2. The highest BCUT2D eigenvalue weighted by atomic mass is 16.5. The van der Waals surface area contributed by atoms with Crippen LogP contribution in [-0.4, -0.2) is 29.9 Å². The van der Waals surface area contributed by atoms with Gasteiger partial charge < -0.3 is 9.51 Å². The Kier molecular flexibility index (Phi) is 3.72. The van der Waals surface area contributed by atoms with Crippen LogP contribution in [0.25, 0.3) is 28.7 Å². The van der Waals surface area contributed by atoms with E-state index in [1.807, 2.05) is 32.0 Å². The lowest BCUT2D eigenvalue weighted by Crippen LogP contribution is -2.05. The minimum atomic E-state index is -0.172.